The zero-order valence-electron chi connectivity index (χ0n) is 15.2. The van der Waals surface area contributed by atoms with Crippen LogP contribution in [-0.4, -0.2) is 22.1 Å². The normalized spacial score (nSPS) is 11.0. The van der Waals surface area contributed by atoms with Gasteiger partial charge in [-0.1, -0.05) is 35.3 Å². The Kier molecular flexibility index (Phi) is 5.35. The van der Waals surface area contributed by atoms with E-state index in [0.29, 0.717) is 39.7 Å². The summed E-state index contributed by atoms with van der Waals surface area (Å²) in [6.07, 6.45) is 1.72. The minimum atomic E-state index is 0.530. The second-order valence-electron chi connectivity index (χ2n) is 6.09. The highest BCUT2D eigenvalue weighted by atomic mass is 35.5. The van der Waals surface area contributed by atoms with Gasteiger partial charge >= 0.3 is 0 Å². The zero-order valence-corrected chi connectivity index (χ0v) is 17.5. The molecule has 0 spiro atoms. The molecule has 3 heterocycles. The lowest BCUT2D eigenvalue weighted by Gasteiger charge is -2.10. The second kappa shape index (κ2) is 7.91. The Balaban J connectivity index is 1.73. The Morgan fingerprint density at radius 1 is 1.14 bits per heavy atom. The molecule has 0 bridgehead atoms. The smallest absolute Gasteiger partial charge is 0.181 e. The number of ether oxygens (including phenoxy) is 1. The predicted octanol–water partition coefficient (Wildman–Crippen LogP) is 5.99. The Labute approximate surface area is 176 Å². The van der Waals surface area contributed by atoms with E-state index in [2.05, 4.69) is 15.3 Å². The fourth-order valence-corrected chi connectivity index (χ4v) is 4.37. The summed E-state index contributed by atoms with van der Waals surface area (Å²) in [5.74, 6) is 1.87. The third kappa shape index (κ3) is 3.63. The summed E-state index contributed by atoms with van der Waals surface area (Å²) in [4.78, 5) is 15.5. The van der Waals surface area contributed by atoms with E-state index in [4.69, 9.17) is 32.9 Å². The largest absolute Gasteiger partial charge is 0.495 e. The molecule has 0 aliphatic heterocycles. The van der Waals surface area contributed by atoms with Crippen molar-refractivity contribution in [3.05, 3.63) is 63.1 Å². The number of hydrogen-bond acceptors (Lipinski definition) is 6. The molecule has 1 N–H and O–H groups in total. The number of halogens is 2. The predicted molar refractivity (Wildman–Crippen MR) is 116 cm³/mol. The minimum absolute atomic E-state index is 0.530. The van der Waals surface area contributed by atoms with Crippen molar-refractivity contribution < 1.29 is 4.74 Å². The van der Waals surface area contributed by atoms with Gasteiger partial charge in [0, 0.05) is 17.6 Å². The highest BCUT2D eigenvalue weighted by Crippen LogP contribution is 2.38. The van der Waals surface area contributed by atoms with E-state index < -0.39 is 0 Å². The number of hydrogen-bond donors (Lipinski definition) is 1. The zero-order chi connectivity index (χ0) is 19.7. The number of nitrogens with zero attached hydrogens (tertiary/aromatic N) is 3. The monoisotopic (exact) mass is 430 g/mol. The van der Waals surface area contributed by atoms with E-state index in [1.165, 1.54) is 0 Å². The number of methoxy groups -OCH3 is 1. The topological polar surface area (TPSA) is 59.9 Å². The molecule has 5 nitrogen and oxygen atoms in total. The molecule has 0 atom stereocenters. The number of anilines is 1. The lowest BCUT2D eigenvalue weighted by atomic mass is 10.2. The van der Waals surface area contributed by atoms with Gasteiger partial charge in [0.25, 0.3) is 0 Å². The number of nitrogens with one attached hydrogen (secondary N) is 1. The van der Waals surface area contributed by atoms with Gasteiger partial charge in [-0.3, -0.25) is 4.98 Å². The SMILES string of the molecule is COc1ccc(CNc2nc(-c3ccccn3)nc3sc(C)c(Cl)c23)cc1Cl. The first kappa shape index (κ1) is 18.9. The number of pyridine rings is 1. The maximum absolute atomic E-state index is 6.53. The fraction of sp³-hybridized carbons (Fsp3) is 0.150. The van der Waals surface area contributed by atoms with E-state index in [9.17, 15) is 0 Å². The second-order valence-corrected chi connectivity index (χ2v) is 8.07. The van der Waals surface area contributed by atoms with Gasteiger partial charge in [-0.05, 0) is 36.8 Å². The molecule has 4 rings (SSSR count). The Morgan fingerprint density at radius 2 is 2.00 bits per heavy atom. The van der Waals surface area contributed by atoms with Crippen LogP contribution in [0.15, 0.2) is 42.6 Å². The van der Waals surface area contributed by atoms with Gasteiger partial charge in [-0.25, -0.2) is 9.97 Å². The number of fused-ring (bicyclic) bond motifs is 1. The quantitative estimate of drug-likeness (QED) is 0.421. The number of aryl methyl sites for hydroxylation is 1. The summed E-state index contributed by atoms with van der Waals surface area (Å²) in [7, 11) is 1.59. The first-order chi connectivity index (χ1) is 13.6. The van der Waals surface area contributed by atoms with E-state index in [-0.39, 0.29) is 0 Å². The molecule has 28 heavy (non-hydrogen) atoms. The van der Waals surface area contributed by atoms with Crippen molar-refractivity contribution in [2.45, 2.75) is 13.5 Å². The summed E-state index contributed by atoms with van der Waals surface area (Å²) in [6, 6.07) is 11.3. The van der Waals surface area contributed by atoms with Gasteiger partial charge in [-0.15, -0.1) is 11.3 Å². The van der Waals surface area contributed by atoms with E-state index in [1.54, 1.807) is 24.6 Å². The van der Waals surface area contributed by atoms with Crippen molar-refractivity contribution in [2.24, 2.45) is 0 Å². The van der Waals surface area contributed by atoms with Crippen LogP contribution in [0.3, 0.4) is 0 Å². The van der Waals surface area contributed by atoms with Crippen LogP contribution in [0, 0.1) is 6.92 Å². The average Bonchev–Trinajstić information content (AvgIpc) is 3.00. The van der Waals surface area contributed by atoms with E-state index in [1.807, 2.05) is 43.3 Å². The maximum Gasteiger partial charge on any atom is 0.181 e. The van der Waals surface area contributed by atoms with E-state index in [0.717, 1.165) is 20.7 Å². The minimum Gasteiger partial charge on any atom is -0.495 e. The summed E-state index contributed by atoms with van der Waals surface area (Å²) >= 11 is 14.3. The fourth-order valence-electron chi connectivity index (χ4n) is 2.82. The third-order valence-electron chi connectivity index (χ3n) is 4.22. The summed E-state index contributed by atoms with van der Waals surface area (Å²) < 4.78 is 5.21. The van der Waals surface area contributed by atoms with Gasteiger partial charge < -0.3 is 10.1 Å². The number of aromatic nitrogens is 3. The van der Waals surface area contributed by atoms with Crippen molar-refractivity contribution in [1.82, 2.24) is 15.0 Å². The van der Waals surface area contributed by atoms with Crippen molar-refractivity contribution in [3.8, 4) is 17.3 Å². The van der Waals surface area contributed by atoms with E-state index >= 15 is 0 Å². The molecule has 1 aromatic carbocycles. The lowest BCUT2D eigenvalue weighted by Crippen LogP contribution is -2.04. The summed E-state index contributed by atoms with van der Waals surface area (Å²) in [5.41, 5.74) is 1.71. The third-order valence-corrected chi connectivity index (χ3v) is 6.10. The molecule has 0 saturated heterocycles. The van der Waals surface area contributed by atoms with Crippen LogP contribution in [-0.2, 0) is 6.54 Å². The van der Waals surface area contributed by atoms with Crippen molar-refractivity contribution in [1.29, 1.82) is 0 Å². The molecule has 8 heteroatoms. The van der Waals surface area contributed by atoms with Gasteiger partial charge in [0.1, 0.15) is 22.1 Å². The number of benzene rings is 1. The van der Waals surface area contributed by atoms with Crippen LogP contribution in [0.25, 0.3) is 21.7 Å². The molecule has 0 aliphatic rings. The first-order valence-electron chi connectivity index (χ1n) is 8.51. The Morgan fingerprint density at radius 3 is 2.71 bits per heavy atom. The lowest BCUT2D eigenvalue weighted by molar-refractivity contribution is 0.415. The summed E-state index contributed by atoms with van der Waals surface area (Å²) in [5, 5.41) is 5.43. The van der Waals surface area contributed by atoms with Crippen LogP contribution < -0.4 is 10.1 Å². The van der Waals surface area contributed by atoms with Crippen molar-refractivity contribution in [3.63, 3.8) is 0 Å². The molecule has 3 aromatic heterocycles. The Hall–Kier alpha value is -2.41. The maximum atomic E-state index is 6.53. The van der Waals surface area contributed by atoms with Gasteiger partial charge in [0.2, 0.25) is 0 Å². The van der Waals surface area contributed by atoms with Crippen molar-refractivity contribution >= 4 is 50.6 Å². The van der Waals surface area contributed by atoms with Crippen LogP contribution in [0.1, 0.15) is 10.4 Å². The van der Waals surface area contributed by atoms with Crippen molar-refractivity contribution in [2.75, 3.05) is 12.4 Å². The van der Waals surface area contributed by atoms with Gasteiger partial charge in [0.05, 0.1) is 22.5 Å². The number of rotatable bonds is 5. The molecule has 142 valence electrons. The standard InChI is InChI=1S/C20H16Cl2N4OS/c1-11-17(22)16-19(24-10-12-6-7-15(27-2)13(21)9-12)25-18(26-20(16)28-11)14-5-3-4-8-23-14/h3-9H,10H2,1-2H3,(H,24,25,26). The van der Waals surface area contributed by atoms with Gasteiger partial charge in [0.15, 0.2) is 5.82 Å². The molecule has 0 radical (unpaired) electrons. The van der Waals surface area contributed by atoms with Crippen LogP contribution in [0.2, 0.25) is 10.0 Å². The molecular formula is C20H16Cl2N4OS. The molecule has 0 saturated carbocycles. The van der Waals surface area contributed by atoms with Gasteiger partial charge in [-0.2, -0.15) is 0 Å². The first-order valence-corrected chi connectivity index (χ1v) is 10.1. The highest BCUT2D eigenvalue weighted by molar-refractivity contribution is 7.19. The highest BCUT2D eigenvalue weighted by Gasteiger charge is 2.17. The molecular weight excluding hydrogens is 415 g/mol. The molecule has 0 unspecified atom stereocenters. The Bertz CT molecular complexity index is 1150. The molecule has 0 amide bonds. The summed E-state index contributed by atoms with van der Waals surface area (Å²) in [6.45, 7) is 2.50. The average molecular weight is 431 g/mol. The number of thiophene rings is 1. The van der Waals surface area contributed by atoms with Crippen LogP contribution in [0.4, 0.5) is 5.82 Å². The molecule has 0 aliphatic carbocycles. The van der Waals surface area contributed by atoms with Crippen LogP contribution in [0.5, 0.6) is 5.75 Å². The van der Waals surface area contributed by atoms with Crippen LogP contribution >= 0.6 is 34.5 Å². The molecule has 4 aromatic rings. The molecule has 0 fully saturated rings.